The van der Waals surface area contributed by atoms with Crippen molar-refractivity contribution < 1.29 is 33.2 Å². The number of rotatable bonds is 8. The molecule has 0 saturated carbocycles. The van der Waals surface area contributed by atoms with E-state index in [1.165, 1.54) is 0 Å². The van der Waals surface area contributed by atoms with Crippen LogP contribution in [0.25, 0.3) is 0 Å². The van der Waals surface area contributed by atoms with Crippen molar-refractivity contribution in [1.82, 2.24) is 9.91 Å². The van der Waals surface area contributed by atoms with Crippen LogP contribution in [0, 0.1) is 0 Å². The zero-order valence-electron chi connectivity index (χ0n) is 22.4. The second kappa shape index (κ2) is 11.2. The maximum Gasteiger partial charge on any atom is 0.257 e. The maximum absolute atomic E-state index is 13.8. The molecular weight excluding hydrogens is 490 g/mol. The van der Waals surface area contributed by atoms with Crippen LogP contribution in [-0.4, -0.2) is 88.6 Å². The highest BCUT2D eigenvalue weighted by molar-refractivity contribution is 6.05. The summed E-state index contributed by atoms with van der Waals surface area (Å²) in [7, 11) is 6.46. The molecule has 3 heterocycles. The third kappa shape index (κ3) is 5.16. The van der Waals surface area contributed by atoms with Gasteiger partial charge in [-0.05, 0) is 30.3 Å². The van der Waals surface area contributed by atoms with Gasteiger partial charge in [-0.15, -0.1) is 0 Å². The molecule has 2 saturated heterocycles. The summed E-state index contributed by atoms with van der Waals surface area (Å²) in [6, 6.07) is 10.8. The molecule has 0 aromatic heterocycles. The Kier molecular flexibility index (Phi) is 7.73. The summed E-state index contributed by atoms with van der Waals surface area (Å²) in [4.78, 5) is 15.9. The predicted molar refractivity (Wildman–Crippen MR) is 140 cm³/mol. The van der Waals surface area contributed by atoms with Crippen molar-refractivity contribution in [1.29, 1.82) is 0 Å². The molecule has 0 aliphatic carbocycles. The monoisotopic (exact) mass is 525 g/mol. The van der Waals surface area contributed by atoms with Crippen molar-refractivity contribution in [3.63, 3.8) is 0 Å². The van der Waals surface area contributed by atoms with Gasteiger partial charge >= 0.3 is 0 Å². The van der Waals surface area contributed by atoms with E-state index in [1.807, 2.05) is 36.4 Å². The first kappa shape index (κ1) is 26.3. The molecule has 10 nitrogen and oxygen atoms in total. The lowest BCUT2D eigenvalue weighted by Gasteiger charge is -2.37. The lowest BCUT2D eigenvalue weighted by Crippen LogP contribution is -2.48. The van der Waals surface area contributed by atoms with E-state index in [4.69, 9.17) is 33.5 Å². The van der Waals surface area contributed by atoms with E-state index in [-0.39, 0.29) is 18.5 Å². The third-order valence-electron chi connectivity index (χ3n) is 7.47. The smallest absolute Gasteiger partial charge is 0.257 e. The largest absolute Gasteiger partial charge is 0.497 e. The number of ether oxygens (including phenoxy) is 6. The summed E-state index contributed by atoms with van der Waals surface area (Å²) in [5.74, 6) is 2.09. The highest BCUT2D eigenvalue weighted by Crippen LogP contribution is 2.41. The van der Waals surface area contributed by atoms with E-state index in [2.05, 4.69) is 4.90 Å². The molecule has 0 radical (unpaired) electrons. The fraction of sp³-hybridized carbons (Fsp3) is 0.500. The van der Waals surface area contributed by atoms with Gasteiger partial charge in [0.15, 0.2) is 5.79 Å². The molecule has 38 heavy (non-hydrogen) atoms. The summed E-state index contributed by atoms with van der Waals surface area (Å²) >= 11 is 0. The molecule has 1 atom stereocenters. The molecule has 1 amide bonds. The maximum atomic E-state index is 13.8. The van der Waals surface area contributed by atoms with Crippen molar-refractivity contribution in [2.75, 3.05) is 61.3 Å². The van der Waals surface area contributed by atoms with Crippen LogP contribution in [0.1, 0.15) is 36.4 Å². The van der Waals surface area contributed by atoms with Crippen LogP contribution in [0.4, 0.5) is 0 Å². The number of hydrogen-bond acceptors (Lipinski definition) is 9. The van der Waals surface area contributed by atoms with Gasteiger partial charge in [0.2, 0.25) is 0 Å². The number of carbonyl (C=O) groups excluding carboxylic acids is 1. The van der Waals surface area contributed by atoms with Gasteiger partial charge in [-0.25, -0.2) is 5.01 Å². The molecule has 2 aromatic carbocycles. The van der Waals surface area contributed by atoms with Crippen LogP contribution in [0.15, 0.2) is 41.5 Å². The second-order valence-corrected chi connectivity index (χ2v) is 9.56. The van der Waals surface area contributed by atoms with Gasteiger partial charge in [0.25, 0.3) is 5.91 Å². The number of hydrogen-bond donors (Lipinski definition) is 0. The van der Waals surface area contributed by atoms with Crippen molar-refractivity contribution in [3.8, 4) is 23.0 Å². The van der Waals surface area contributed by atoms with E-state index < -0.39 is 5.79 Å². The minimum atomic E-state index is -0.486. The van der Waals surface area contributed by atoms with Gasteiger partial charge in [0.05, 0.1) is 60.0 Å². The summed E-state index contributed by atoms with van der Waals surface area (Å²) < 4.78 is 33.9. The number of nitrogens with zero attached hydrogens (tertiary/aromatic N) is 3. The Labute approximate surface area is 223 Å². The highest BCUT2D eigenvalue weighted by atomic mass is 16.7. The Morgan fingerprint density at radius 2 is 1.58 bits per heavy atom. The summed E-state index contributed by atoms with van der Waals surface area (Å²) in [5, 5.41) is 6.44. The van der Waals surface area contributed by atoms with Crippen LogP contribution in [0.3, 0.4) is 0 Å². The Balaban J connectivity index is 1.44. The number of carbonyl (C=O) groups is 1. The van der Waals surface area contributed by atoms with E-state index in [9.17, 15) is 4.79 Å². The van der Waals surface area contributed by atoms with Crippen molar-refractivity contribution in [3.05, 3.63) is 47.5 Å². The molecule has 3 aliphatic rings. The number of likely N-dealkylation sites (tertiary alicyclic amines) is 1. The van der Waals surface area contributed by atoms with Gasteiger partial charge < -0.3 is 28.4 Å². The second-order valence-electron chi connectivity index (χ2n) is 9.56. The van der Waals surface area contributed by atoms with Crippen LogP contribution >= 0.6 is 0 Å². The Hall–Kier alpha value is -3.34. The average molecular weight is 526 g/mol. The summed E-state index contributed by atoms with van der Waals surface area (Å²) in [5.41, 5.74) is 2.39. The standard InChI is InChI=1S/C28H35N3O7/c1-33-19-6-8-25(35-3)22(15-19)24-17-23(21-7-5-20(34-2)16-26(21)36-4)29-31(24)27(32)18-30-11-9-28(10-12-30)37-13-14-38-28/h5-8,15-16,24H,9-14,17-18H2,1-4H3. The van der Waals surface area contributed by atoms with Gasteiger partial charge in [0, 0.05) is 49.5 Å². The number of piperidine rings is 1. The molecule has 5 rings (SSSR count). The van der Waals surface area contributed by atoms with Crippen molar-refractivity contribution in [2.24, 2.45) is 5.10 Å². The topological polar surface area (TPSA) is 91.3 Å². The fourth-order valence-electron chi connectivity index (χ4n) is 5.38. The van der Waals surface area contributed by atoms with Crippen LogP contribution in [-0.2, 0) is 14.3 Å². The zero-order valence-corrected chi connectivity index (χ0v) is 22.4. The molecule has 204 valence electrons. The van der Waals surface area contributed by atoms with Crippen molar-refractivity contribution in [2.45, 2.75) is 31.1 Å². The van der Waals surface area contributed by atoms with Crippen LogP contribution in [0.5, 0.6) is 23.0 Å². The van der Waals surface area contributed by atoms with E-state index >= 15 is 0 Å². The molecule has 1 spiro atoms. The van der Waals surface area contributed by atoms with E-state index in [0.29, 0.717) is 42.6 Å². The number of amides is 1. The van der Waals surface area contributed by atoms with Gasteiger partial charge in [0.1, 0.15) is 23.0 Å². The number of benzene rings is 2. The first-order valence-electron chi connectivity index (χ1n) is 12.8. The van der Waals surface area contributed by atoms with Crippen molar-refractivity contribution >= 4 is 11.6 Å². The van der Waals surface area contributed by atoms with E-state index in [0.717, 1.165) is 42.8 Å². The molecule has 0 bridgehead atoms. The Morgan fingerprint density at radius 1 is 0.921 bits per heavy atom. The van der Waals surface area contributed by atoms with Gasteiger partial charge in [-0.2, -0.15) is 5.10 Å². The molecule has 2 fully saturated rings. The SMILES string of the molecule is COc1ccc(C2=NN(C(=O)CN3CCC4(CC3)OCCO4)C(c3cc(OC)ccc3OC)C2)c(OC)c1. The van der Waals surface area contributed by atoms with Gasteiger partial charge in [-0.3, -0.25) is 9.69 Å². The summed E-state index contributed by atoms with van der Waals surface area (Å²) in [6.07, 6.45) is 1.97. The molecule has 0 N–H and O–H groups in total. The summed E-state index contributed by atoms with van der Waals surface area (Å²) in [6.45, 7) is 2.94. The lowest BCUT2D eigenvalue weighted by atomic mass is 9.96. The molecule has 1 unspecified atom stereocenters. The average Bonchev–Trinajstić information content (AvgIpc) is 3.61. The van der Waals surface area contributed by atoms with Crippen LogP contribution < -0.4 is 18.9 Å². The number of hydrazone groups is 1. The lowest BCUT2D eigenvalue weighted by molar-refractivity contribution is -0.186. The molecular formula is C28H35N3O7. The third-order valence-corrected chi connectivity index (χ3v) is 7.47. The highest BCUT2D eigenvalue weighted by Gasteiger charge is 2.41. The quantitative estimate of drug-likeness (QED) is 0.519. The molecule has 3 aliphatic heterocycles. The zero-order chi connectivity index (χ0) is 26.7. The first-order chi connectivity index (χ1) is 18.5. The minimum Gasteiger partial charge on any atom is -0.497 e. The van der Waals surface area contributed by atoms with E-state index in [1.54, 1.807) is 33.4 Å². The molecule has 10 heteroatoms. The first-order valence-corrected chi connectivity index (χ1v) is 12.8. The minimum absolute atomic E-state index is 0.0911. The molecule has 2 aromatic rings. The predicted octanol–water partition coefficient (Wildman–Crippen LogP) is 3.24. The normalized spacial score (nSPS) is 20.9. The Morgan fingerprint density at radius 3 is 2.24 bits per heavy atom. The Bertz CT molecular complexity index is 1180. The fourth-order valence-corrected chi connectivity index (χ4v) is 5.38. The van der Waals surface area contributed by atoms with Gasteiger partial charge in [-0.1, -0.05) is 0 Å². The van der Waals surface area contributed by atoms with Crippen LogP contribution in [0.2, 0.25) is 0 Å². The number of methoxy groups -OCH3 is 4.